The Morgan fingerprint density at radius 3 is 1.27 bits per heavy atom. The van der Waals surface area contributed by atoms with E-state index in [1.807, 2.05) is 12.1 Å². The summed E-state index contributed by atoms with van der Waals surface area (Å²) in [6, 6.07) is 22.3. The fourth-order valence-electron chi connectivity index (χ4n) is 3.56. The Labute approximate surface area is 177 Å². The lowest BCUT2D eigenvalue weighted by atomic mass is 9.74. The van der Waals surface area contributed by atoms with Crippen LogP contribution in [0.5, 0.6) is 11.5 Å². The second-order valence-electron chi connectivity index (χ2n) is 8.41. The first-order chi connectivity index (χ1) is 13.9. The molecule has 6 heteroatoms. The predicted octanol–water partition coefficient (Wildman–Crippen LogP) is 5.23. The largest absolute Gasteiger partial charge is 0.508 e. The van der Waals surface area contributed by atoms with E-state index in [9.17, 15) is 13.5 Å². The van der Waals surface area contributed by atoms with E-state index < -0.39 is 10.4 Å². The van der Waals surface area contributed by atoms with Crippen LogP contribution >= 0.6 is 0 Å². The van der Waals surface area contributed by atoms with Gasteiger partial charge in [-0.05, 0) is 46.5 Å². The third-order valence-electron chi connectivity index (χ3n) is 5.69. The molecule has 0 atom stereocenters. The third-order valence-corrected chi connectivity index (χ3v) is 6.10. The smallest absolute Gasteiger partial charge is 0.446 e. The van der Waals surface area contributed by atoms with Gasteiger partial charge in [0, 0.05) is 10.8 Å². The highest BCUT2D eigenvalue weighted by molar-refractivity contribution is 7.81. The van der Waals surface area contributed by atoms with Gasteiger partial charge in [-0.2, -0.15) is 8.42 Å². The monoisotopic (exact) mass is 426 g/mol. The standard InChI is InChI=1S/C24H26O5S/c1-23(2,19-9-13-21(25)14-10-19)17-5-7-18(8-6-17)24(3,4)20-11-15-22(16-12-20)29-30(26,27)28/h5-16,25H,1-4H3,(H,26,27,28). The van der Waals surface area contributed by atoms with E-state index in [0.29, 0.717) is 0 Å². The van der Waals surface area contributed by atoms with E-state index in [1.54, 1.807) is 24.3 Å². The van der Waals surface area contributed by atoms with Crippen LogP contribution in [0.1, 0.15) is 49.9 Å². The summed E-state index contributed by atoms with van der Waals surface area (Å²) in [7, 11) is -4.54. The van der Waals surface area contributed by atoms with Gasteiger partial charge in [-0.25, -0.2) is 0 Å². The molecule has 0 aromatic heterocycles. The summed E-state index contributed by atoms with van der Waals surface area (Å²) in [6.07, 6.45) is 0. The van der Waals surface area contributed by atoms with Crippen molar-refractivity contribution in [1.29, 1.82) is 0 Å². The minimum absolute atomic E-state index is 0.0584. The number of benzene rings is 3. The molecule has 0 amide bonds. The molecular weight excluding hydrogens is 400 g/mol. The summed E-state index contributed by atoms with van der Waals surface area (Å²) < 4.78 is 35.0. The van der Waals surface area contributed by atoms with Gasteiger partial charge in [0.05, 0.1) is 0 Å². The van der Waals surface area contributed by atoms with Gasteiger partial charge in [0.25, 0.3) is 0 Å². The lowest BCUT2D eigenvalue weighted by Crippen LogP contribution is -2.21. The summed E-state index contributed by atoms with van der Waals surface area (Å²) >= 11 is 0. The topological polar surface area (TPSA) is 83.8 Å². The zero-order valence-corrected chi connectivity index (χ0v) is 18.3. The number of phenolic OH excluding ortho intramolecular Hbond substituents is 1. The van der Waals surface area contributed by atoms with Crippen molar-refractivity contribution in [2.24, 2.45) is 0 Å². The molecule has 0 bridgehead atoms. The molecule has 0 saturated carbocycles. The first kappa shape index (κ1) is 21.9. The van der Waals surface area contributed by atoms with Crippen LogP contribution in [0.15, 0.2) is 72.8 Å². The Balaban J connectivity index is 1.86. The van der Waals surface area contributed by atoms with Gasteiger partial charge in [0.2, 0.25) is 0 Å². The Hall–Kier alpha value is -2.83. The number of hydrogen-bond acceptors (Lipinski definition) is 4. The molecule has 0 spiro atoms. The molecule has 0 radical (unpaired) electrons. The molecule has 0 unspecified atom stereocenters. The van der Waals surface area contributed by atoms with Crippen molar-refractivity contribution >= 4 is 10.4 Å². The summed E-state index contributed by atoms with van der Waals surface area (Å²) in [5.41, 5.74) is 3.82. The fourth-order valence-corrected chi connectivity index (χ4v) is 3.92. The van der Waals surface area contributed by atoms with E-state index in [1.165, 1.54) is 12.1 Å². The highest BCUT2D eigenvalue weighted by atomic mass is 32.3. The summed E-state index contributed by atoms with van der Waals surface area (Å²) in [4.78, 5) is 0. The molecule has 0 saturated heterocycles. The molecule has 0 heterocycles. The van der Waals surface area contributed by atoms with E-state index >= 15 is 0 Å². The normalized spacial score (nSPS) is 12.6. The van der Waals surface area contributed by atoms with Crippen molar-refractivity contribution in [3.05, 3.63) is 95.1 Å². The molecule has 0 aliphatic rings. The van der Waals surface area contributed by atoms with Gasteiger partial charge in [-0.1, -0.05) is 76.2 Å². The minimum atomic E-state index is -4.54. The van der Waals surface area contributed by atoms with Gasteiger partial charge < -0.3 is 9.29 Å². The first-order valence-corrected chi connectivity index (χ1v) is 10.9. The molecule has 3 aromatic rings. The second-order valence-corrected chi connectivity index (χ2v) is 9.43. The van der Waals surface area contributed by atoms with Gasteiger partial charge in [0.1, 0.15) is 11.5 Å². The maximum Gasteiger partial charge on any atom is 0.446 e. The van der Waals surface area contributed by atoms with Gasteiger partial charge >= 0.3 is 10.4 Å². The molecule has 3 rings (SSSR count). The van der Waals surface area contributed by atoms with Gasteiger partial charge in [0.15, 0.2) is 0 Å². The van der Waals surface area contributed by atoms with Crippen molar-refractivity contribution in [2.75, 3.05) is 0 Å². The lowest BCUT2D eigenvalue weighted by molar-refractivity contribution is 0.386. The maximum absolute atomic E-state index is 10.9. The van der Waals surface area contributed by atoms with Crippen molar-refractivity contribution in [2.45, 2.75) is 38.5 Å². The summed E-state index contributed by atoms with van der Waals surface area (Å²) in [5, 5.41) is 9.55. The Bertz CT molecular complexity index is 1110. The van der Waals surface area contributed by atoms with E-state index in [0.717, 1.165) is 22.3 Å². The van der Waals surface area contributed by atoms with E-state index in [4.69, 9.17) is 4.55 Å². The highest BCUT2D eigenvalue weighted by Crippen LogP contribution is 2.36. The van der Waals surface area contributed by atoms with Crippen molar-refractivity contribution in [3.8, 4) is 11.5 Å². The summed E-state index contributed by atoms with van der Waals surface area (Å²) in [5.74, 6) is 0.308. The quantitative estimate of drug-likeness (QED) is 0.528. The first-order valence-electron chi connectivity index (χ1n) is 9.57. The third kappa shape index (κ3) is 4.66. The van der Waals surface area contributed by atoms with Crippen molar-refractivity contribution < 1.29 is 22.3 Å². The van der Waals surface area contributed by atoms with Gasteiger partial charge in [-0.3, -0.25) is 4.55 Å². The number of phenols is 1. The predicted molar refractivity (Wildman–Crippen MR) is 117 cm³/mol. The van der Waals surface area contributed by atoms with Crippen LogP contribution in [-0.2, 0) is 21.2 Å². The Morgan fingerprint density at radius 1 is 0.633 bits per heavy atom. The molecule has 5 nitrogen and oxygen atoms in total. The number of hydrogen-bond donors (Lipinski definition) is 2. The lowest BCUT2D eigenvalue weighted by Gasteiger charge is -2.29. The zero-order chi connectivity index (χ0) is 22.2. The average molecular weight is 427 g/mol. The van der Waals surface area contributed by atoms with Crippen LogP contribution in [-0.4, -0.2) is 18.1 Å². The summed E-state index contributed by atoms with van der Waals surface area (Å²) in [6.45, 7) is 8.47. The maximum atomic E-state index is 10.9. The molecule has 3 aromatic carbocycles. The van der Waals surface area contributed by atoms with Crippen LogP contribution in [0.3, 0.4) is 0 Å². The van der Waals surface area contributed by atoms with E-state index in [2.05, 4.69) is 56.1 Å². The van der Waals surface area contributed by atoms with Crippen LogP contribution < -0.4 is 4.18 Å². The highest BCUT2D eigenvalue weighted by Gasteiger charge is 2.26. The Morgan fingerprint density at radius 2 is 0.933 bits per heavy atom. The fraction of sp³-hybridized carbons (Fsp3) is 0.250. The molecular formula is C24H26O5S. The van der Waals surface area contributed by atoms with Crippen molar-refractivity contribution in [1.82, 2.24) is 0 Å². The number of rotatable bonds is 6. The van der Waals surface area contributed by atoms with Gasteiger partial charge in [-0.15, -0.1) is 0 Å². The van der Waals surface area contributed by atoms with Crippen molar-refractivity contribution in [3.63, 3.8) is 0 Å². The van der Waals surface area contributed by atoms with Crippen LogP contribution in [0.25, 0.3) is 0 Å². The minimum Gasteiger partial charge on any atom is -0.508 e. The Kier molecular flexibility index (Phi) is 5.67. The van der Waals surface area contributed by atoms with Crippen LogP contribution in [0.2, 0.25) is 0 Å². The van der Waals surface area contributed by atoms with Crippen LogP contribution in [0, 0.1) is 0 Å². The SMILES string of the molecule is CC(C)(c1ccc(O)cc1)c1ccc(C(C)(C)c2ccc(OS(=O)(=O)O)cc2)cc1. The average Bonchev–Trinajstić information content (AvgIpc) is 2.67. The number of aromatic hydroxyl groups is 1. The molecule has 0 fully saturated rings. The second kappa shape index (κ2) is 7.78. The van der Waals surface area contributed by atoms with E-state index in [-0.39, 0.29) is 22.3 Å². The van der Waals surface area contributed by atoms with Crippen LogP contribution in [0.4, 0.5) is 0 Å². The molecule has 30 heavy (non-hydrogen) atoms. The molecule has 2 N–H and O–H groups in total. The molecule has 0 aliphatic heterocycles. The molecule has 0 aliphatic carbocycles. The zero-order valence-electron chi connectivity index (χ0n) is 17.5. The molecule has 158 valence electrons.